The molecule has 0 spiro atoms. The maximum absolute atomic E-state index is 12.8. The molecule has 2 aliphatic heterocycles. The van der Waals surface area contributed by atoms with Gasteiger partial charge in [0.05, 0.1) is 11.1 Å². The van der Waals surface area contributed by atoms with E-state index in [0.29, 0.717) is 17.7 Å². The zero-order chi connectivity index (χ0) is 21.3. The van der Waals surface area contributed by atoms with Gasteiger partial charge in [-0.1, -0.05) is 31.2 Å². The molecular weight excluding hydrogens is 374 g/mol. The van der Waals surface area contributed by atoms with Crippen molar-refractivity contribution in [2.75, 3.05) is 32.5 Å². The first-order valence-electron chi connectivity index (χ1n) is 10.9. The fourth-order valence-electron chi connectivity index (χ4n) is 4.83. The largest absolute Gasteiger partial charge is 0.337 e. The number of anilines is 1. The van der Waals surface area contributed by atoms with Crippen molar-refractivity contribution in [2.45, 2.75) is 32.7 Å². The third kappa shape index (κ3) is 4.26. The Balaban J connectivity index is 1.37. The van der Waals surface area contributed by atoms with Gasteiger partial charge in [0.1, 0.15) is 0 Å². The third-order valence-corrected chi connectivity index (χ3v) is 6.67. The standard InChI is InChI=1S/C25H31N3O2/c1-17-15-27(2)14-13-19(17)10-7-18-8-11-21(12-9-18)26-24(29)22-6-4-5-20-16-28(3)25(30)23(20)22/h4-6,8-9,11-12,17,19H,7,10,13-16H2,1-3H3,(H,26,29)/t17-,19-/m1/s1. The topological polar surface area (TPSA) is 52.7 Å². The van der Waals surface area contributed by atoms with Gasteiger partial charge in [0.25, 0.3) is 11.8 Å². The van der Waals surface area contributed by atoms with Gasteiger partial charge in [-0.25, -0.2) is 0 Å². The summed E-state index contributed by atoms with van der Waals surface area (Å²) < 4.78 is 0. The molecule has 0 aliphatic carbocycles. The Labute approximate surface area is 179 Å². The quantitative estimate of drug-likeness (QED) is 0.817. The molecule has 2 heterocycles. The van der Waals surface area contributed by atoms with Crippen LogP contribution in [0.2, 0.25) is 0 Å². The second kappa shape index (κ2) is 8.60. The van der Waals surface area contributed by atoms with Gasteiger partial charge in [0, 0.05) is 25.8 Å². The van der Waals surface area contributed by atoms with Crippen LogP contribution >= 0.6 is 0 Å². The zero-order valence-corrected chi connectivity index (χ0v) is 18.1. The molecule has 0 aromatic heterocycles. The molecule has 1 N–H and O–H groups in total. The van der Waals surface area contributed by atoms with E-state index in [0.717, 1.165) is 29.5 Å². The minimum atomic E-state index is -0.233. The van der Waals surface area contributed by atoms with Gasteiger partial charge in [0.2, 0.25) is 0 Å². The molecule has 0 unspecified atom stereocenters. The van der Waals surface area contributed by atoms with E-state index >= 15 is 0 Å². The summed E-state index contributed by atoms with van der Waals surface area (Å²) in [5.74, 6) is 1.21. The summed E-state index contributed by atoms with van der Waals surface area (Å²) in [6, 6.07) is 13.6. The lowest BCUT2D eigenvalue weighted by atomic mass is 9.83. The minimum absolute atomic E-state index is 0.0887. The molecule has 0 radical (unpaired) electrons. The number of amides is 2. The van der Waals surface area contributed by atoms with Crippen LogP contribution in [0.1, 0.15) is 51.6 Å². The number of hydrogen-bond donors (Lipinski definition) is 1. The fourth-order valence-corrected chi connectivity index (χ4v) is 4.83. The lowest BCUT2D eigenvalue weighted by Crippen LogP contribution is -2.36. The number of aryl methyl sites for hydroxylation is 1. The Kier molecular flexibility index (Phi) is 5.91. The van der Waals surface area contributed by atoms with Crippen molar-refractivity contribution in [1.29, 1.82) is 0 Å². The van der Waals surface area contributed by atoms with Crippen LogP contribution < -0.4 is 5.32 Å². The van der Waals surface area contributed by atoms with Crippen LogP contribution in [0.5, 0.6) is 0 Å². The Morgan fingerprint density at radius 2 is 1.90 bits per heavy atom. The number of nitrogens with one attached hydrogen (secondary N) is 1. The average Bonchev–Trinajstić information content (AvgIpc) is 3.02. The van der Waals surface area contributed by atoms with Crippen molar-refractivity contribution < 1.29 is 9.59 Å². The summed E-state index contributed by atoms with van der Waals surface area (Å²) in [6.45, 7) is 5.31. The first kappa shape index (κ1) is 20.6. The van der Waals surface area contributed by atoms with E-state index in [4.69, 9.17) is 0 Å². The molecule has 2 atom stereocenters. The first-order chi connectivity index (χ1) is 14.4. The predicted molar refractivity (Wildman–Crippen MR) is 120 cm³/mol. The van der Waals surface area contributed by atoms with E-state index in [2.05, 4.69) is 36.3 Å². The van der Waals surface area contributed by atoms with Gasteiger partial charge in [0.15, 0.2) is 0 Å². The van der Waals surface area contributed by atoms with Gasteiger partial charge < -0.3 is 15.1 Å². The number of fused-ring (bicyclic) bond motifs is 1. The number of carbonyl (C=O) groups is 2. The van der Waals surface area contributed by atoms with E-state index in [1.165, 1.54) is 31.5 Å². The number of piperidine rings is 1. The molecule has 30 heavy (non-hydrogen) atoms. The van der Waals surface area contributed by atoms with Crippen LogP contribution in [0.4, 0.5) is 5.69 Å². The van der Waals surface area contributed by atoms with Crippen molar-refractivity contribution in [2.24, 2.45) is 11.8 Å². The van der Waals surface area contributed by atoms with Crippen molar-refractivity contribution in [3.05, 3.63) is 64.7 Å². The van der Waals surface area contributed by atoms with Crippen molar-refractivity contribution in [3.8, 4) is 0 Å². The third-order valence-electron chi connectivity index (χ3n) is 6.67. The maximum Gasteiger partial charge on any atom is 0.256 e. The molecule has 1 fully saturated rings. The van der Waals surface area contributed by atoms with Crippen molar-refractivity contribution in [1.82, 2.24) is 9.80 Å². The molecule has 1 saturated heterocycles. The van der Waals surface area contributed by atoms with E-state index in [1.54, 1.807) is 18.0 Å². The zero-order valence-electron chi connectivity index (χ0n) is 18.1. The molecule has 2 aromatic carbocycles. The lowest BCUT2D eigenvalue weighted by Gasteiger charge is -2.34. The second-order valence-corrected chi connectivity index (χ2v) is 8.98. The smallest absolute Gasteiger partial charge is 0.256 e. The van der Waals surface area contributed by atoms with Gasteiger partial charge in [-0.15, -0.1) is 0 Å². The van der Waals surface area contributed by atoms with Crippen LogP contribution in [0.15, 0.2) is 42.5 Å². The van der Waals surface area contributed by atoms with Gasteiger partial charge >= 0.3 is 0 Å². The summed E-state index contributed by atoms with van der Waals surface area (Å²) >= 11 is 0. The van der Waals surface area contributed by atoms with E-state index in [1.807, 2.05) is 24.3 Å². The van der Waals surface area contributed by atoms with Crippen LogP contribution in [-0.4, -0.2) is 48.8 Å². The normalized spacial score (nSPS) is 21.6. The molecule has 2 amide bonds. The molecular formula is C25H31N3O2. The summed E-state index contributed by atoms with van der Waals surface area (Å²) in [5.41, 5.74) is 3.95. The molecule has 2 aromatic rings. The number of carbonyl (C=O) groups excluding carboxylic acids is 2. The fraction of sp³-hybridized carbons (Fsp3) is 0.440. The average molecular weight is 406 g/mol. The molecule has 5 heteroatoms. The van der Waals surface area contributed by atoms with Crippen LogP contribution in [0.25, 0.3) is 0 Å². The number of benzene rings is 2. The van der Waals surface area contributed by atoms with Gasteiger partial charge in [-0.2, -0.15) is 0 Å². The molecule has 2 aliphatic rings. The van der Waals surface area contributed by atoms with Crippen molar-refractivity contribution >= 4 is 17.5 Å². The Morgan fingerprint density at radius 1 is 1.13 bits per heavy atom. The number of rotatable bonds is 5. The molecule has 4 rings (SSSR count). The monoisotopic (exact) mass is 405 g/mol. The first-order valence-corrected chi connectivity index (χ1v) is 10.9. The molecule has 0 saturated carbocycles. The molecule has 0 bridgehead atoms. The predicted octanol–water partition coefficient (Wildman–Crippen LogP) is 4.04. The summed E-state index contributed by atoms with van der Waals surface area (Å²) in [5, 5.41) is 2.95. The highest BCUT2D eigenvalue weighted by atomic mass is 16.2. The lowest BCUT2D eigenvalue weighted by molar-refractivity contribution is 0.0812. The highest BCUT2D eigenvalue weighted by molar-refractivity contribution is 6.13. The Hall–Kier alpha value is -2.66. The number of likely N-dealkylation sites (tertiary alicyclic amines) is 1. The highest BCUT2D eigenvalue weighted by Crippen LogP contribution is 2.28. The number of nitrogens with zero attached hydrogens (tertiary/aromatic N) is 2. The van der Waals surface area contributed by atoms with Crippen LogP contribution in [-0.2, 0) is 13.0 Å². The van der Waals surface area contributed by atoms with Gasteiger partial charge in [-0.05, 0) is 74.0 Å². The summed E-state index contributed by atoms with van der Waals surface area (Å²) in [7, 11) is 3.96. The summed E-state index contributed by atoms with van der Waals surface area (Å²) in [4.78, 5) is 29.3. The highest BCUT2D eigenvalue weighted by Gasteiger charge is 2.29. The van der Waals surface area contributed by atoms with Crippen molar-refractivity contribution in [3.63, 3.8) is 0 Å². The van der Waals surface area contributed by atoms with Crippen LogP contribution in [0.3, 0.4) is 0 Å². The van der Waals surface area contributed by atoms with Gasteiger partial charge in [-0.3, -0.25) is 9.59 Å². The molecule has 5 nitrogen and oxygen atoms in total. The SMILES string of the molecule is C[C@@H]1CN(C)CC[C@H]1CCc1ccc(NC(=O)c2cccc3c2C(=O)N(C)C3)cc1. The summed E-state index contributed by atoms with van der Waals surface area (Å²) in [6.07, 6.45) is 3.56. The molecule has 158 valence electrons. The Morgan fingerprint density at radius 3 is 2.63 bits per heavy atom. The van der Waals surface area contributed by atoms with E-state index in [9.17, 15) is 9.59 Å². The maximum atomic E-state index is 12.8. The number of hydrogen-bond acceptors (Lipinski definition) is 3. The van der Waals surface area contributed by atoms with Crippen LogP contribution in [0, 0.1) is 11.8 Å². The Bertz CT molecular complexity index is 938. The van der Waals surface area contributed by atoms with E-state index in [-0.39, 0.29) is 11.8 Å². The van der Waals surface area contributed by atoms with E-state index < -0.39 is 0 Å². The minimum Gasteiger partial charge on any atom is -0.337 e. The second-order valence-electron chi connectivity index (χ2n) is 8.98.